The van der Waals surface area contributed by atoms with Gasteiger partial charge in [-0.2, -0.15) is 5.10 Å². The van der Waals surface area contributed by atoms with Crippen molar-refractivity contribution in [2.75, 3.05) is 20.2 Å². The van der Waals surface area contributed by atoms with Crippen molar-refractivity contribution >= 4 is 5.91 Å². The van der Waals surface area contributed by atoms with E-state index >= 15 is 0 Å². The van der Waals surface area contributed by atoms with E-state index in [1.54, 1.807) is 23.8 Å². The molecule has 0 unspecified atom stereocenters. The number of aryl methyl sites for hydroxylation is 1. The number of methoxy groups -OCH3 is 1. The predicted octanol–water partition coefficient (Wildman–Crippen LogP) is 2.90. The first-order valence-corrected chi connectivity index (χ1v) is 9.74. The molecule has 3 aromatic rings. The van der Waals surface area contributed by atoms with E-state index in [1.165, 1.54) is 0 Å². The molecule has 7 heteroatoms. The lowest BCUT2D eigenvalue weighted by Gasteiger charge is -2.31. The summed E-state index contributed by atoms with van der Waals surface area (Å²) in [6, 6.07) is 15.0. The first-order chi connectivity index (χ1) is 14.1. The molecule has 150 valence electrons. The molecule has 0 atom stereocenters. The van der Waals surface area contributed by atoms with Crippen LogP contribution in [0.4, 0.5) is 0 Å². The van der Waals surface area contributed by atoms with Crippen LogP contribution in [0.3, 0.4) is 0 Å². The third kappa shape index (κ3) is 3.81. The van der Waals surface area contributed by atoms with Gasteiger partial charge in [0.15, 0.2) is 0 Å². The summed E-state index contributed by atoms with van der Waals surface area (Å²) in [5.74, 6) is 1.52. The van der Waals surface area contributed by atoms with Gasteiger partial charge in [-0.05, 0) is 50.1 Å². The quantitative estimate of drug-likeness (QED) is 0.740. The molecule has 2 aromatic carbocycles. The summed E-state index contributed by atoms with van der Waals surface area (Å²) in [7, 11) is 1.59. The highest BCUT2D eigenvalue weighted by Gasteiger charge is 2.28. The third-order valence-electron chi connectivity index (χ3n) is 5.45. The Hall–Kier alpha value is -3.35. The molecule has 7 nitrogen and oxygen atoms in total. The first kappa shape index (κ1) is 19.0. The first-order valence-electron chi connectivity index (χ1n) is 9.74. The van der Waals surface area contributed by atoms with E-state index in [9.17, 15) is 9.59 Å². The fourth-order valence-electron chi connectivity index (χ4n) is 3.81. The van der Waals surface area contributed by atoms with Gasteiger partial charge in [0.1, 0.15) is 11.6 Å². The van der Waals surface area contributed by atoms with E-state index in [1.807, 2.05) is 48.2 Å². The van der Waals surface area contributed by atoms with Crippen molar-refractivity contribution in [2.45, 2.75) is 25.7 Å². The number of nitrogens with zero attached hydrogens (tertiary/aromatic N) is 3. The number of aromatic nitrogens is 3. The van der Waals surface area contributed by atoms with Crippen molar-refractivity contribution in [3.8, 4) is 11.4 Å². The number of H-pyrrole nitrogens is 1. The van der Waals surface area contributed by atoms with Crippen LogP contribution in [-0.2, 0) is 0 Å². The van der Waals surface area contributed by atoms with Gasteiger partial charge in [-0.25, -0.2) is 14.5 Å². The summed E-state index contributed by atoms with van der Waals surface area (Å²) in [5.41, 5.74) is 2.33. The predicted molar refractivity (Wildman–Crippen MR) is 110 cm³/mol. The Labute approximate surface area is 168 Å². The van der Waals surface area contributed by atoms with Crippen LogP contribution in [0.5, 0.6) is 5.75 Å². The number of hydrogen-bond acceptors (Lipinski definition) is 4. The fraction of sp³-hybridized carbons (Fsp3) is 0.318. The monoisotopic (exact) mass is 392 g/mol. The smallest absolute Gasteiger partial charge is 0.347 e. The van der Waals surface area contributed by atoms with E-state index in [4.69, 9.17) is 4.74 Å². The summed E-state index contributed by atoms with van der Waals surface area (Å²) in [6.07, 6.45) is 1.51. The standard InChI is InChI=1S/C22H24N4O3/c1-15-6-8-18(9-7-15)26-20(23-24-22(26)28)16-10-12-25(13-11-16)21(27)17-4-3-5-19(14-17)29-2/h3-9,14,16H,10-13H2,1-2H3,(H,24,28). The maximum Gasteiger partial charge on any atom is 0.347 e. The molecule has 0 radical (unpaired) electrons. The summed E-state index contributed by atoms with van der Waals surface area (Å²) in [5, 5.41) is 6.88. The number of aromatic amines is 1. The topological polar surface area (TPSA) is 80.2 Å². The fourth-order valence-corrected chi connectivity index (χ4v) is 3.81. The minimum atomic E-state index is -0.237. The largest absolute Gasteiger partial charge is 0.497 e. The number of likely N-dealkylation sites (tertiary alicyclic amines) is 1. The molecule has 1 aromatic heterocycles. The summed E-state index contributed by atoms with van der Waals surface area (Å²) < 4.78 is 6.86. The lowest BCUT2D eigenvalue weighted by Crippen LogP contribution is -2.38. The van der Waals surface area contributed by atoms with E-state index in [0.717, 1.165) is 29.9 Å². The molecule has 0 spiro atoms. The Bertz CT molecular complexity index is 1060. The molecule has 0 bridgehead atoms. The van der Waals surface area contributed by atoms with Gasteiger partial charge in [-0.15, -0.1) is 0 Å². The maximum absolute atomic E-state index is 12.8. The molecule has 1 N–H and O–H groups in total. The second-order valence-corrected chi connectivity index (χ2v) is 7.36. The molecular formula is C22H24N4O3. The highest BCUT2D eigenvalue weighted by Crippen LogP contribution is 2.28. The Morgan fingerprint density at radius 3 is 2.55 bits per heavy atom. The highest BCUT2D eigenvalue weighted by molar-refractivity contribution is 5.94. The SMILES string of the molecule is COc1cccc(C(=O)N2CCC(c3n[nH]c(=O)n3-c3ccc(C)cc3)CC2)c1. The average molecular weight is 392 g/mol. The Morgan fingerprint density at radius 2 is 1.86 bits per heavy atom. The van der Waals surface area contributed by atoms with Crippen LogP contribution >= 0.6 is 0 Å². The van der Waals surface area contributed by atoms with Crippen molar-refractivity contribution in [3.63, 3.8) is 0 Å². The molecule has 1 saturated heterocycles. The third-order valence-corrected chi connectivity index (χ3v) is 5.45. The minimum absolute atomic E-state index is 0.000280. The van der Waals surface area contributed by atoms with Gasteiger partial charge in [0.2, 0.25) is 0 Å². The molecule has 29 heavy (non-hydrogen) atoms. The zero-order valence-electron chi connectivity index (χ0n) is 16.6. The molecule has 0 saturated carbocycles. The second-order valence-electron chi connectivity index (χ2n) is 7.36. The average Bonchev–Trinajstić information content (AvgIpc) is 3.15. The summed E-state index contributed by atoms with van der Waals surface area (Å²) >= 11 is 0. The molecule has 4 rings (SSSR count). The van der Waals surface area contributed by atoms with Crippen LogP contribution < -0.4 is 10.4 Å². The van der Waals surface area contributed by atoms with Gasteiger partial charge in [0, 0.05) is 24.6 Å². The number of nitrogens with one attached hydrogen (secondary N) is 1. The van der Waals surface area contributed by atoms with Gasteiger partial charge < -0.3 is 9.64 Å². The van der Waals surface area contributed by atoms with Crippen molar-refractivity contribution in [3.05, 3.63) is 76.0 Å². The van der Waals surface area contributed by atoms with Crippen LogP contribution in [-0.4, -0.2) is 45.8 Å². The Balaban J connectivity index is 1.50. The van der Waals surface area contributed by atoms with Crippen molar-refractivity contribution in [1.82, 2.24) is 19.7 Å². The molecule has 1 fully saturated rings. The number of carbonyl (C=O) groups excluding carboxylic acids is 1. The molecule has 1 amide bonds. The van der Waals surface area contributed by atoms with Crippen LogP contribution in [0.2, 0.25) is 0 Å². The summed E-state index contributed by atoms with van der Waals surface area (Å²) in [6.45, 7) is 3.25. The molecular weight excluding hydrogens is 368 g/mol. The number of ether oxygens (including phenoxy) is 1. The lowest BCUT2D eigenvalue weighted by atomic mass is 9.95. The van der Waals surface area contributed by atoms with Crippen molar-refractivity contribution < 1.29 is 9.53 Å². The van der Waals surface area contributed by atoms with Crippen LogP contribution in [0.25, 0.3) is 5.69 Å². The van der Waals surface area contributed by atoms with Crippen molar-refractivity contribution in [1.29, 1.82) is 0 Å². The van der Waals surface area contributed by atoms with Crippen LogP contribution in [0.1, 0.15) is 40.5 Å². The van der Waals surface area contributed by atoms with E-state index in [-0.39, 0.29) is 17.5 Å². The molecule has 0 aliphatic carbocycles. The van der Waals surface area contributed by atoms with Gasteiger partial charge in [-0.1, -0.05) is 23.8 Å². The maximum atomic E-state index is 12.8. The van der Waals surface area contributed by atoms with Crippen LogP contribution in [0.15, 0.2) is 53.3 Å². The Kier molecular flexibility index (Phi) is 5.20. The molecule has 1 aliphatic rings. The number of hydrogen-bond donors (Lipinski definition) is 1. The molecule has 2 heterocycles. The van der Waals surface area contributed by atoms with Gasteiger partial charge in [-0.3, -0.25) is 4.79 Å². The zero-order chi connectivity index (χ0) is 20.4. The molecule has 1 aliphatic heterocycles. The van der Waals surface area contributed by atoms with Crippen molar-refractivity contribution in [2.24, 2.45) is 0 Å². The number of carbonyl (C=O) groups is 1. The number of rotatable bonds is 4. The normalized spacial score (nSPS) is 14.8. The van der Waals surface area contributed by atoms with Gasteiger partial charge >= 0.3 is 5.69 Å². The lowest BCUT2D eigenvalue weighted by molar-refractivity contribution is 0.0710. The second kappa shape index (κ2) is 7.95. The highest BCUT2D eigenvalue weighted by atomic mass is 16.5. The number of piperidine rings is 1. The number of amides is 1. The van der Waals surface area contributed by atoms with E-state index < -0.39 is 0 Å². The van der Waals surface area contributed by atoms with Gasteiger partial charge in [0.05, 0.1) is 12.8 Å². The van der Waals surface area contributed by atoms with Gasteiger partial charge in [0.25, 0.3) is 5.91 Å². The summed E-state index contributed by atoms with van der Waals surface area (Å²) in [4.78, 5) is 27.0. The Morgan fingerprint density at radius 1 is 1.14 bits per heavy atom. The minimum Gasteiger partial charge on any atom is -0.497 e. The zero-order valence-corrected chi connectivity index (χ0v) is 16.6. The van der Waals surface area contributed by atoms with Crippen LogP contribution in [0, 0.1) is 6.92 Å². The van der Waals surface area contributed by atoms with E-state index in [0.29, 0.717) is 24.4 Å². The van der Waals surface area contributed by atoms with E-state index in [2.05, 4.69) is 10.2 Å². The number of benzene rings is 2.